The zero-order chi connectivity index (χ0) is 16.4. The van der Waals surface area contributed by atoms with Gasteiger partial charge in [-0.05, 0) is 38.4 Å². The Kier molecular flexibility index (Phi) is 4.47. The number of piperidine rings is 1. The first kappa shape index (κ1) is 15.6. The van der Waals surface area contributed by atoms with Crippen LogP contribution < -0.4 is 0 Å². The molecule has 0 bridgehead atoms. The van der Waals surface area contributed by atoms with Crippen LogP contribution in [0.5, 0.6) is 0 Å². The Balaban J connectivity index is 1.35. The third-order valence-electron chi connectivity index (χ3n) is 5.38. The summed E-state index contributed by atoms with van der Waals surface area (Å²) in [6, 6.07) is 2.06. The summed E-state index contributed by atoms with van der Waals surface area (Å²) >= 11 is 0. The SMILES string of the molecule is O=C(CCN1CCCCC1)N1CCC(c2ccnc3nccn23)C1. The number of hydrogen-bond donors (Lipinski definition) is 0. The molecule has 4 heterocycles. The summed E-state index contributed by atoms with van der Waals surface area (Å²) < 4.78 is 2.05. The molecule has 1 unspecified atom stereocenters. The minimum atomic E-state index is 0.305. The minimum Gasteiger partial charge on any atom is -0.342 e. The maximum absolute atomic E-state index is 12.5. The second kappa shape index (κ2) is 6.89. The van der Waals surface area contributed by atoms with Gasteiger partial charge in [-0.2, -0.15) is 0 Å². The number of nitrogens with zero attached hydrogens (tertiary/aromatic N) is 5. The van der Waals surface area contributed by atoms with Crippen molar-refractivity contribution >= 4 is 11.7 Å². The fraction of sp³-hybridized carbons (Fsp3) is 0.611. The second-order valence-corrected chi connectivity index (χ2v) is 6.94. The van der Waals surface area contributed by atoms with Crippen molar-refractivity contribution in [3.63, 3.8) is 0 Å². The first-order chi connectivity index (χ1) is 11.8. The van der Waals surface area contributed by atoms with Crippen molar-refractivity contribution in [2.24, 2.45) is 0 Å². The Morgan fingerprint density at radius 1 is 1.12 bits per heavy atom. The number of imidazole rings is 1. The topological polar surface area (TPSA) is 53.7 Å². The molecule has 1 amide bonds. The average molecular weight is 327 g/mol. The van der Waals surface area contributed by atoms with E-state index in [1.165, 1.54) is 25.0 Å². The van der Waals surface area contributed by atoms with Crippen LogP contribution in [0.4, 0.5) is 0 Å². The van der Waals surface area contributed by atoms with Crippen LogP contribution in [0, 0.1) is 0 Å². The molecule has 0 aliphatic carbocycles. The molecule has 2 aliphatic heterocycles. The lowest BCUT2D eigenvalue weighted by molar-refractivity contribution is -0.130. The first-order valence-electron chi connectivity index (χ1n) is 9.09. The largest absolute Gasteiger partial charge is 0.342 e. The van der Waals surface area contributed by atoms with Gasteiger partial charge in [0.1, 0.15) is 0 Å². The molecule has 6 nitrogen and oxygen atoms in total. The summed E-state index contributed by atoms with van der Waals surface area (Å²) in [5.41, 5.74) is 1.21. The van der Waals surface area contributed by atoms with Crippen LogP contribution in [0.1, 0.15) is 43.7 Å². The standard InChI is InChI=1S/C18H25N5O/c24-17(6-11-21-9-2-1-3-10-21)22-12-5-15(14-22)16-4-7-19-18-20-8-13-23(16)18/h4,7-8,13,15H,1-3,5-6,9-12,14H2. The molecule has 0 spiro atoms. The van der Waals surface area contributed by atoms with E-state index >= 15 is 0 Å². The zero-order valence-corrected chi connectivity index (χ0v) is 14.1. The fourth-order valence-electron chi connectivity index (χ4n) is 4.01. The summed E-state index contributed by atoms with van der Waals surface area (Å²) in [5, 5.41) is 0. The van der Waals surface area contributed by atoms with Gasteiger partial charge in [0.2, 0.25) is 11.7 Å². The number of likely N-dealkylation sites (tertiary alicyclic amines) is 2. The van der Waals surface area contributed by atoms with Crippen LogP contribution in [-0.4, -0.2) is 62.8 Å². The third-order valence-corrected chi connectivity index (χ3v) is 5.38. The molecule has 1 atom stereocenters. The smallest absolute Gasteiger partial charge is 0.233 e. The number of carbonyl (C=O) groups excluding carboxylic acids is 1. The van der Waals surface area contributed by atoms with Crippen LogP contribution in [0.3, 0.4) is 0 Å². The molecule has 2 aromatic rings. The van der Waals surface area contributed by atoms with E-state index in [9.17, 15) is 4.79 Å². The molecule has 6 heteroatoms. The molecule has 0 radical (unpaired) electrons. The van der Waals surface area contributed by atoms with E-state index in [1.54, 1.807) is 6.20 Å². The van der Waals surface area contributed by atoms with Crippen LogP contribution in [0.2, 0.25) is 0 Å². The lowest BCUT2D eigenvalue weighted by Crippen LogP contribution is -2.35. The summed E-state index contributed by atoms with van der Waals surface area (Å²) in [6.07, 6.45) is 11.1. The zero-order valence-electron chi connectivity index (χ0n) is 14.1. The minimum absolute atomic E-state index is 0.305. The Morgan fingerprint density at radius 2 is 1.96 bits per heavy atom. The number of hydrogen-bond acceptors (Lipinski definition) is 4. The summed E-state index contributed by atoms with van der Waals surface area (Å²) in [4.78, 5) is 25.5. The lowest BCUT2D eigenvalue weighted by Gasteiger charge is -2.27. The number of amides is 1. The molecule has 0 saturated carbocycles. The Labute approximate surface area is 142 Å². The Bertz CT molecular complexity index is 706. The molecule has 0 aromatic carbocycles. The number of rotatable bonds is 4. The number of fused-ring (bicyclic) bond motifs is 1. The van der Waals surface area contributed by atoms with Crippen molar-refractivity contribution in [3.05, 3.63) is 30.4 Å². The van der Waals surface area contributed by atoms with E-state index < -0.39 is 0 Å². The van der Waals surface area contributed by atoms with Gasteiger partial charge in [-0.25, -0.2) is 9.97 Å². The van der Waals surface area contributed by atoms with E-state index in [-0.39, 0.29) is 0 Å². The summed E-state index contributed by atoms with van der Waals surface area (Å²) in [7, 11) is 0. The van der Waals surface area contributed by atoms with Crippen molar-refractivity contribution in [1.82, 2.24) is 24.2 Å². The van der Waals surface area contributed by atoms with Gasteiger partial charge in [-0.15, -0.1) is 0 Å². The molecular formula is C18H25N5O. The predicted molar refractivity (Wildman–Crippen MR) is 91.8 cm³/mol. The first-order valence-corrected chi connectivity index (χ1v) is 9.09. The van der Waals surface area contributed by atoms with Gasteiger partial charge >= 0.3 is 0 Å². The van der Waals surface area contributed by atoms with Crippen molar-refractivity contribution in [3.8, 4) is 0 Å². The number of aromatic nitrogens is 3. The van der Waals surface area contributed by atoms with Crippen LogP contribution in [0.25, 0.3) is 5.78 Å². The second-order valence-electron chi connectivity index (χ2n) is 6.94. The monoisotopic (exact) mass is 327 g/mol. The van der Waals surface area contributed by atoms with Gasteiger partial charge in [0.15, 0.2) is 0 Å². The highest BCUT2D eigenvalue weighted by atomic mass is 16.2. The van der Waals surface area contributed by atoms with Gasteiger partial charge in [-0.3, -0.25) is 9.20 Å². The number of carbonyl (C=O) groups is 1. The fourth-order valence-corrected chi connectivity index (χ4v) is 4.01. The molecule has 128 valence electrons. The molecule has 2 saturated heterocycles. The van der Waals surface area contributed by atoms with E-state index in [2.05, 4.69) is 20.9 Å². The quantitative estimate of drug-likeness (QED) is 0.861. The predicted octanol–water partition coefficient (Wildman–Crippen LogP) is 1.92. The van der Waals surface area contributed by atoms with Gasteiger partial charge in [0, 0.05) is 56.3 Å². The van der Waals surface area contributed by atoms with Crippen molar-refractivity contribution in [2.75, 3.05) is 32.7 Å². The molecule has 2 aliphatic rings. The normalized spacial score (nSPS) is 22.3. The molecule has 4 rings (SSSR count). The van der Waals surface area contributed by atoms with E-state index in [0.717, 1.165) is 44.9 Å². The van der Waals surface area contributed by atoms with Gasteiger partial charge < -0.3 is 9.80 Å². The highest BCUT2D eigenvalue weighted by Crippen LogP contribution is 2.27. The van der Waals surface area contributed by atoms with Gasteiger partial charge in [-0.1, -0.05) is 6.42 Å². The van der Waals surface area contributed by atoms with E-state index in [1.807, 2.05) is 21.7 Å². The van der Waals surface area contributed by atoms with Crippen molar-refractivity contribution in [2.45, 2.75) is 38.0 Å². The van der Waals surface area contributed by atoms with Gasteiger partial charge in [0.05, 0.1) is 0 Å². The van der Waals surface area contributed by atoms with E-state index in [0.29, 0.717) is 18.2 Å². The molecule has 2 fully saturated rings. The summed E-state index contributed by atoms with van der Waals surface area (Å²) in [5.74, 6) is 1.42. The van der Waals surface area contributed by atoms with E-state index in [4.69, 9.17) is 0 Å². The average Bonchev–Trinajstić information content (AvgIpc) is 3.29. The van der Waals surface area contributed by atoms with Crippen molar-refractivity contribution < 1.29 is 4.79 Å². The highest BCUT2D eigenvalue weighted by molar-refractivity contribution is 5.76. The van der Waals surface area contributed by atoms with Crippen molar-refractivity contribution in [1.29, 1.82) is 0 Å². The third kappa shape index (κ3) is 3.15. The molecular weight excluding hydrogens is 302 g/mol. The molecule has 0 N–H and O–H groups in total. The Morgan fingerprint density at radius 3 is 2.83 bits per heavy atom. The van der Waals surface area contributed by atoms with Crippen LogP contribution >= 0.6 is 0 Å². The van der Waals surface area contributed by atoms with Gasteiger partial charge in [0.25, 0.3) is 0 Å². The molecule has 2 aromatic heterocycles. The van der Waals surface area contributed by atoms with Crippen LogP contribution in [0.15, 0.2) is 24.7 Å². The maximum atomic E-state index is 12.5. The lowest BCUT2D eigenvalue weighted by atomic mass is 10.0. The highest BCUT2D eigenvalue weighted by Gasteiger charge is 2.28. The summed E-state index contributed by atoms with van der Waals surface area (Å²) in [6.45, 7) is 4.91. The van der Waals surface area contributed by atoms with Crippen LogP contribution in [-0.2, 0) is 4.79 Å². The Hall–Kier alpha value is -1.95. The molecule has 24 heavy (non-hydrogen) atoms. The maximum Gasteiger partial charge on any atom is 0.233 e.